The molecule has 1 aliphatic heterocycles. The molecule has 0 unspecified atom stereocenters. The predicted molar refractivity (Wildman–Crippen MR) is 89.0 cm³/mol. The highest BCUT2D eigenvalue weighted by Crippen LogP contribution is 2.25. The third-order valence-electron chi connectivity index (χ3n) is 3.94. The number of amides is 1. The number of hydrogen-bond acceptors (Lipinski definition) is 4. The quantitative estimate of drug-likeness (QED) is 0.742. The molecule has 1 fully saturated rings. The van der Waals surface area contributed by atoms with E-state index in [1.165, 1.54) is 4.90 Å². The van der Waals surface area contributed by atoms with Crippen molar-refractivity contribution in [2.75, 3.05) is 13.1 Å². The Labute approximate surface area is 146 Å². The van der Waals surface area contributed by atoms with Gasteiger partial charge < -0.3 is 9.64 Å². The number of halogens is 2. The highest BCUT2D eigenvalue weighted by Gasteiger charge is 2.34. The maximum Gasteiger partial charge on any atom is 0.410 e. The van der Waals surface area contributed by atoms with Gasteiger partial charge in [-0.2, -0.15) is 0 Å². The largest absolute Gasteiger partial charge is 0.444 e. The van der Waals surface area contributed by atoms with Crippen molar-refractivity contribution in [1.29, 1.82) is 0 Å². The molecular weight excluding hydrogens is 352 g/mol. The predicted octanol–water partition coefficient (Wildman–Crippen LogP) is 3.53. The van der Waals surface area contributed by atoms with Gasteiger partial charge in [0.05, 0.1) is 10.1 Å². The minimum Gasteiger partial charge on any atom is -0.444 e. The molecule has 0 radical (unpaired) electrons. The number of carbonyl (C=O) groups excluding carboxylic acids is 1. The second kappa shape index (κ2) is 7.27. The van der Waals surface area contributed by atoms with Crippen molar-refractivity contribution in [3.8, 4) is 0 Å². The van der Waals surface area contributed by atoms with Crippen molar-refractivity contribution in [2.45, 2.75) is 55.8 Å². The van der Waals surface area contributed by atoms with Crippen LogP contribution < -0.4 is 0 Å². The summed E-state index contributed by atoms with van der Waals surface area (Å²) in [7, 11) is -3.89. The van der Waals surface area contributed by atoms with Crippen molar-refractivity contribution < 1.29 is 26.7 Å². The molecule has 2 rings (SSSR count). The Balaban J connectivity index is 2.24. The van der Waals surface area contributed by atoms with Crippen molar-refractivity contribution in [1.82, 2.24) is 4.90 Å². The highest BCUT2D eigenvalue weighted by molar-refractivity contribution is 7.92. The number of hydrogen-bond donors (Lipinski definition) is 0. The number of carbonyl (C=O) groups is 1. The van der Waals surface area contributed by atoms with E-state index in [0.29, 0.717) is 31.9 Å². The molecule has 0 bridgehead atoms. The molecule has 140 valence electrons. The molecule has 5 nitrogen and oxygen atoms in total. The van der Waals surface area contributed by atoms with Gasteiger partial charge >= 0.3 is 6.09 Å². The third kappa shape index (κ3) is 4.90. The molecule has 0 N–H and O–H groups in total. The number of rotatable bonds is 2. The highest BCUT2D eigenvalue weighted by atomic mass is 32.2. The van der Waals surface area contributed by atoms with Crippen LogP contribution in [0.4, 0.5) is 13.6 Å². The topological polar surface area (TPSA) is 63.7 Å². The summed E-state index contributed by atoms with van der Waals surface area (Å²) in [5.41, 5.74) is -0.683. The van der Waals surface area contributed by atoms with E-state index in [9.17, 15) is 22.0 Å². The van der Waals surface area contributed by atoms with Crippen molar-refractivity contribution in [3.05, 3.63) is 29.8 Å². The first-order chi connectivity index (χ1) is 11.5. The van der Waals surface area contributed by atoms with Gasteiger partial charge in [0.2, 0.25) is 0 Å². The molecule has 0 aromatic heterocycles. The van der Waals surface area contributed by atoms with Crippen LogP contribution in [-0.2, 0) is 14.6 Å². The van der Waals surface area contributed by atoms with Crippen LogP contribution in [0.25, 0.3) is 0 Å². The summed E-state index contributed by atoms with van der Waals surface area (Å²) in [5.74, 6) is -2.31. The van der Waals surface area contributed by atoms with Gasteiger partial charge in [-0.25, -0.2) is 22.0 Å². The zero-order chi connectivity index (χ0) is 18.8. The van der Waals surface area contributed by atoms with E-state index in [1.54, 1.807) is 20.8 Å². The first kappa shape index (κ1) is 19.6. The molecule has 1 aromatic carbocycles. The Morgan fingerprint density at radius 1 is 1.20 bits per heavy atom. The molecule has 1 aliphatic rings. The lowest BCUT2D eigenvalue weighted by Gasteiger charge is -2.28. The summed E-state index contributed by atoms with van der Waals surface area (Å²) in [5, 5.41) is -0.882. The molecule has 0 aliphatic carbocycles. The van der Waals surface area contributed by atoms with Crippen molar-refractivity contribution >= 4 is 15.9 Å². The summed E-state index contributed by atoms with van der Waals surface area (Å²) >= 11 is 0. The van der Waals surface area contributed by atoms with Crippen molar-refractivity contribution in [3.63, 3.8) is 0 Å². The fourth-order valence-corrected chi connectivity index (χ4v) is 4.46. The van der Waals surface area contributed by atoms with E-state index >= 15 is 0 Å². The summed E-state index contributed by atoms with van der Waals surface area (Å²) in [6.07, 6.45) is 1.05. The first-order valence-corrected chi connectivity index (χ1v) is 9.72. The Kier molecular flexibility index (Phi) is 5.71. The summed E-state index contributed by atoms with van der Waals surface area (Å²) in [4.78, 5) is 13.4. The van der Waals surface area contributed by atoms with E-state index in [2.05, 4.69) is 0 Å². The molecule has 1 heterocycles. The Morgan fingerprint density at radius 3 is 2.48 bits per heavy atom. The zero-order valence-corrected chi connectivity index (χ0v) is 15.4. The third-order valence-corrected chi connectivity index (χ3v) is 6.11. The number of ether oxygens (including phenoxy) is 1. The second-order valence-electron chi connectivity index (χ2n) is 7.17. The fourth-order valence-electron chi connectivity index (χ4n) is 2.69. The van der Waals surface area contributed by atoms with Crippen LogP contribution >= 0.6 is 0 Å². The molecule has 1 aromatic rings. The number of likely N-dealkylation sites (tertiary alicyclic amines) is 1. The van der Waals surface area contributed by atoms with Gasteiger partial charge in [0, 0.05) is 13.1 Å². The standard InChI is InChI=1S/C17H23F2NO4S/c1-17(2,3)24-16(21)20-9-5-4-6-13(11-20)25(22,23)12-7-8-14(18)15(19)10-12/h7-8,10,13H,4-6,9,11H2,1-3H3/t13-/m0/s1. The van der Waals surface area contributed by atoms with Crippen LogP contribution in [0.3, 0.4) is 0 Å². The zero-order valence-electron chi connectivity index (χ0n) is 14.6. The normalized spacial score (nSPS) is 19.4. The number of benzene rings is 1. The van der Waals surface area contributed by atoms with Gasteiger partial charge in [0.25, 0.3) is 0 Å². The lowest BCUT2D eigenvalue weighted by molar-refractivity contribution is 0.0258. The number of nitrogens with zero attached hydrogens (tertiary/aromatic N) is 1. The van der Waals surface area contributed by atoms with Gasteiger partial charge in [-0.1, -0.05) is 6.42 Å². The average Bonchev–Trinajstić information content (AvgIpc) is 2.74. The van der Waals surface area contributed by atoms with E-state index in [0.717, 1.165) is 12.1 Å². The molecule has 0 spiro atoms. The molecule has 1 saturated heterocycles. The first-order valence-electron chi connectivity index (χ1n) is 8.17. The SMILES string of the molecule is CC(C)(C)OC(=O)N1CCCC[C@H](S(=O)(=O)c2ccc(F)c(F)c2)C1. The van der Waals surface area contributed by atoms with Gasteiger partial charge in [0.15, 0.2) is 21.5 Å². The molecule has 1 atom stereocenters. The van der Waals surface area contributed by atoms with Crippen LogP contribution in [0.1, 0.15) is 40.0 Å². The van der Waals surface area contributed by atoms with Gasteiger partial charge in [-0.3, -0.25) is 0 Å². The van der Waals surface area contributed by atoms with Gasteiger partial charge in [-0.15, -0.1) is 0 Å². The minimum atomic E-state index is -3.89. The summed E-state index contributed by atoms with van der Waals surface area (Å²) in [6, 6.07) is 2.54. The molecule has 25 heavy (non-hydrogen) atoms. The molecule has 0 saturated carbocycles. The lowest BCUT2D eigenvalue weighted by atomic mass is 10.2. The maximum atomic E-state index is 13.4. The van der Waals surface area contributed by atoms with Gasteiger partial charge in [-0.05, 0) is 51.8 Å². The van der Waals surface area contributed by atoms with E-state index < -0.39 is 38.4 Å². The molecule has 1 amide bonds. The molecule has 8 heteroatoms. The van der Waals surface area contributed by atoms with E-state index in [-0.39, 0.29) is 11.4 Å². The van der Waals surface area contributed by atoms with Crippen LogP contribution in [-0.4, -0.2) is 43.4 Å². The molecular formula is C17H23F2NO4S. The fraction of sp³-hybridized carbons (Fsp3) is 0.588. The second-order valence-corrected chi connectivity index (χ2v) is 9.39. The Morgan fingerprint density at radius 2 is 1.88 bits per heavy atom. The van der Waals surface area contributed by atoms with Crippen LogP contribution in [0.15, 0.2) is 23.1 Å². The van der Waals surface area contributed by atoms with E-state index in [1.807, 2.05) is 0 Å². The number of sulfone groups is 1. The summed E-state index contributed by atoms with van der Waals surface area (Å²) in [6.45, 7) is 5.57. The van der Waals surface area contributed by atoms with Crippen LogP contribution in [0.5, 0.6) is 0 Å². The maximum absolute atomic E-state index is 13.4. The Hall–Kier alpha value is -1.70. The van der Waals surface area contributed by atoms with Crippen molar-refractivity contribution in [2.24, 2.45) is 0 Å². The smallest absolute Gasteiger partial charge is 0.410 e. The van der Waals surface area contributed by atoms with Crippen LogP contribution in [0.2, 0.25) is 0 Å². The van der Waals surface area contributed by atoms with Crippen LogP contribution in [0, 0.1) is 11.6 Å². The van der Waals surface area contributed by atoms with Gasteiger partial charge in [0.1, 0.15) is 5.60 Å². The average molecular weight is 375 g/mol. The Bertz CT molecular complexity index is 744. The summed E-state index contributed by atoms with van der Waals surface area (Å²) < 4.78 is 57.4. The lowest BCUT2D eigenvalue weighted by Crippen LogP contribution is -2.42. The van der Waals surface area contributed by atoms with E-state index in [4.69, 9.17) is 4.74 Å². The minimum absolute atomic E-state index is 0.0315. The monoisotopic (exact) mass is 375 g/mol.